The third-order valence-corrected chi connectivity index (χ3v) is 4.90. The van der Waals surface area contributed by atoms with Gasteiger partial charge in [0.1, 0.15) is 17.8 Å². The lowest BCUT2D eigenvalue weighted by Gasteiger charge is -2.21. The van der Waals surface area contributed by atoms with Gasteiger partial charge in [0.05, 0.1) is 20.6 Å². The van der Waals surface area contributed by atoms with Gasteiger partial charge in [-0.05, 0) is 23.3 Å². The van der Waals surface area contributed by atoms with Crippen LogP contribution in [0.1, 0.15) is 16.7 Å². The van der Waals surface area contributed by atoms with Crippen molar-refractivity contribution in [3.63, 3.8) is 0 Å². The van der Waals surface area contributed by atoms with Crippen molar-refractivity contribution in [1.29, 1.82) is 0 Å². The Morgan fingerprint density at radius 3 is 2.47 bits per heavy atom. The zero-order chi connectivity index (χ0) is 23.1. The van der Waals surface area contributed by atoms with Crippen LogP contribution < -0.4 is 25.4 Å². The third-order valence-electron chi connectivity index (χ3n) is 4.90. The SMILES string of the molecule is COc1ccc(CN(C)c2ncnc(NCc3ccc(CC(N)=O)cc3)c2F)c(OC)c1. The molecule has 3 N–H and O–H groups in total. The van der Waals surface area contributed by atoms with Crippen molar-refractivity contribution in [2.24, 2.45) is 5.73 Å². The van der Waals surface area contributed by atoms with Gasteiger partial charge in [-0.1, -0.05) is 24.3 Å². The fourth-order valence-corrected chi connectivity index (χ4v) is 3.22. The molecule has 1 aromatic heterocycles. The van der Waals surface area contributed by atoms with Gasteiger partial charge in [-0.3, -0.25) is 4.79 Å². The quantitative estimate of drug-likeness (QED) is 0.501. The van der Waals surface area contributed by atoms with E-state index in [0.29, 0.717) is 24.6 Å². The number of hydrogen-bond donors (Lipinski definition) is 2. The van der Waals surface area contributed by atoms with E-state index in [9.17, 15) is 4.79 Å². The molecule has 168 valence electrons. The molecular weight excluding hydrogens is 413 g/mol. The summed E-state index contributed by atoms with van der Waals surface area (Å²) in [5.74, 6) is 0.650. The van der Waals surface area contributed by atoms with Crippen LogP contribution >= 0.6 is 0 Å². The number of nitrogens with two attached hydrogens (primary N) is 1. The summed E-state index contributed by atoms with van der Waals surface area (Å²) >= 11 is 0. The summed E-state index contributed by atoms with van der Waals surface area (Å²) in [6.45, 7) is 0.738. The lowest BCUT2D eigenvalue weighted by atomic mass is 10.1. The topological polar surface area (TPSA) is 103 Å². The Balaban J connectivity index is 1.70. The number of carbonyl (C=O) groups excluding carboxylic acids is 1. The van der Waals surface area contributed by atoms with Gasteiger partial charge >= 0.3 is 0 Å². The Bertz CT molecular complexity index is 1080. The van der Waals surface area contributed by atoms with Crippen LogP contribution in [0.5, 0.6) is 11.5 Å². The zero-order valence-electron chi connectivity index (χ0n) is 18.3. The van der Waals surface area contributed by atoms with E-state index < -0.39 is 5.82 Å². The second-order valence-corrected chi connectivity index (χ2v) is 7.21. The number of nitrogens with one attached hydrogen (secondary N) is 1. The van der Waals surface area contributed by atoms with E-state index in [1.165, 1.54) is 6.33 Å². The van der Waals surface area contributed by atoms with Crippen LogP contribution in [0.4, 0.5) is 16.0 Å². The fraction of sp³-hybridized carbons (Fsp3) is 0.261. The Morgan fingerprint density at radius 1 is 1.09 bits per heavy atom. The van der Waals surface area contributed by atoms with Crippen molar-refractivity contribution < 1.29 is 18.7 Å². The Kier molecular flexibility index (Phi) is 7.43. The van der Waals surface area contributed by atoms with Crippen molar-refractivity contribution in [3.05, 3.63) is 71.3 Å². The molecular formula is C23H26FN5O3. The van der Waals surface area contributed by atoms with Crippen molar-refractivity contribution in [3.8, 4) is 11.5 Å². The number of amides is 1. The van der Waals surface area contributed by atoms with Crippen molar-refractivity contribution in [1.82, 2.24) is 9.97 Å². The first-order chi connectivity index (χ1) is 15.4. The van der Waals surface area contributed by atoms with Crippen LogP contribution in [-0.2, 0) is 24.3 Å². The first-order valence-electron chi connectivity index (χ1n) is 9.93. The van der Waals surface area contributed by atoms with Crippen molar-refractivity contribution >= 4 is 17.5 Å². The molecule has 0 aliphatic carbocycles. The molecule has 32 heavy (non-hydrogen) atoms. The normalized spacial score (nSPS) is 10.5. The van der Waals surface area contributed by atoms with E-state index in [-0.39, 0.29) is 24.0 Å². The number of methoxy groups -OCH3 is 2. The number of benzene rings is 2. The van der Waals surface area contributed by atoms with Crippen LogP contribution in [0, 0.1) is 5.82 Å². The maximum Gasteiger partial charge on any atom is 0.221 e. The smallest absolute Gasteiger partial charge is 0.221 e. The van der Waals surface area contributed by atoms with Gasteiger partial charge in [-0.25, -0.2) is 9.97 Å². The highest BCUT2D eigenvalue weighted by molar-refractivity contribution is 5.76. The van der Waals surface area contributed by atoms with E-state index in [4.69, 9.17) is 15.2 Å². The molecule has 1 heterocycles. The van der Waals surface area contributed by atoms with Gasteiger partial charge in [-0.2, -0.15) is 4.39 Å². The van der Waals surface area contributed by atoms with Gasteiger partial charge in [0, 0.05) is 31.8 Å². The minimum absolute atomic E-state index is 0.102. The van der Waals surface area contributed by atoms with E-state index in [1.54, 1.807) is 32.2 Å². The Morgan fingerprint density at radius 2 is 1.81 bits per heavy atom. The molecule has 0 fully saturated rings. The molecule has 1 amide bonds. The predicted molar refractivity (Wildman–Crippen MR) is 120 cm³/mol. The van der Waals surface area contributed by atoms with Gasteiger partial charge in [-0.15, -0.1) is 0 Å². The molecule has 0 saturated heterocycles. The molecule has 0 saturated carbocycles. The summed E-state index contributed by atoms with van der Waals surface area (Å²) in [6, 6.07) is 12.8. The number of hydrogen-bond acceptors (Lipinski definition) is 7. The van der Waals surface area contributed by atoms with Crippen LogP contribution in [0.2, 0.25) is 0 Å². The molecule has 3 rings (SSSR count). The minimum Gasteiger partial charge on any atom is -0.497 e. The predicted octanol–water partition coefficient (Wildman–Crippen LogP) is 2.91. The molecule has 3 aromatic rings. The number of primary amides is 1. The number of nitrogens with zero attached hydrogens (tertiary/aromatic N) is 3. The molecule has 0 unspecified atom stereocenters. The van der Waals surface area contributed by atoms with Gasteiger partial charge < -0.3 is 25.4 Å². The van der Waals surface area contributed by atoms with Gasteiger partial charge in [0.25, 0.3) is 0 Å². The number of rotatable bonds is 10. The second kappa shape index (κ2) is 10.4. The van der Waals surface area contributed by atoms with Crippen LogP contribution in [0.25, 0.3) is 0 Å². The summed E-state index contributed by atoms with van der Waals surface area (Å²) in [5, 5.41) is 3.00. The average molecular weight is 439 g/mol. The van der Waals surface area contributed by atoms with Crippen LogP contribution in [-0.4, -0.2) is 37.1 Å². The second-order valence-electron chi connectivity index (χ2n) is 7.21. The lowest BCUT2D eigenvalue weighted by Crippen LogP contribution is -2.20. The number of anilines is 2. The highest BCUT2D eigenvalue weighted by Gasteiger charge is 2.17. The molecule has 0 aliphatic rings. The summed E-state index contributed by atoms with van der Waals surface area (Å²) in [7, 11) is 4.91. The molecule has 0 radical (unpaired) electrons. The molecule has 0 atom stereocenters. The molecule has 0 bridgehead atoms. The van der Waals surface area contributed by atoms with E-state index in [1.807, 2.05) is 36.4 Å². The molecule has 8 nitrogen and oxygen atoms in total. The highest BCUT2D eigenvalue weighted by Crippen LogP contribution is 2.28. The molecule has 0 aliphatic heterocycles. The zero-order valence-corrected chi connectivity index (χ0v) is 18.3. The van der Waals surface area contributed by atoms with Gasteiger partial charge in [0.2, 0.25) is 11.7 Å². The van der Waals surface area contributed by atoms with Gasteiger partial charge in [0.15, 0.2) is 11.6 Å². The molecule has 2 aromatic carbocycles. The summed E-state index contributed by atoms with van der Waals surface area (Å²) in [6.07, 6.45) is 1.50. The van der Waals surface area contributed by atoms with Crippen molar-refractivity contribution in [2.75, 3.05) is 31.5 Å². The number of carbonyl (C=O) groups is 1. The summed E-state index contributed by atoms with van der Waals surface area (Å²) in [4.78, 5) is 20.8. The summed E-state index contributed by atoms with van der Waals surface area (Å²) < 4.78 is 25.7. The monoisotopic (exact) mass is 439 g/mol. The number of ether oxygens (including phenoxy) is 2. The maximum absolute atomic E-state index is 15.1. The Hall–Kier alpha value is -3.88. The van der Waals surface area contributed by atoms with Crippen LogP contribution in [0.15, 0.2) is 48.8 Å². The van der Waals surface area contributed by atoms with E-state index in [0.717, 1.165) is 16.7 Å². The highest BCUT2D eigenvalue weighted by atomic mass is 19.1. The summed E-state index contributed by atoms with van der Waals surface area (Å²) in [5.41, 5.74) is 7.80. The van der Waals surface area contributed by atoms with E-state index >= 15 is 4.39 Å². The third kappa shape index (κ3) is 5.63. The number of halogens is 1. The first kappa shape index (κ1) is 22.8. The molecule has 9 heteroatoms. The Labute approximate surface area is 186 Å². The average Bonchev–Trinajstić information content (AvgIpc) is 2.79. The maximum atomic E-state index is 15.1. The minimum atomic E-state index is -0.548. The number of aromatic nitrogens is 2. The largest absolute Gasteiger partial charge is 0.497 e. The molecule has 0 spiro atoms. The first-order valence-corrected chi connectivity index (χ1v) is 9.93. The standard InChI is InChI=1S/C23H26FN5O3/c1-29(13-17-8-9-18(31-2)11-19(17)32-3)23-21(24)22(27-14-28-23)26-12-16-6-4-15(5-7-16)10-20(25)30/h4-9,11,14H,10,12-13H2,1-3H3,(H2,25,30)(H,26,27,28). The lowest BCUT2D eigenvalue weighted by molar-refractivity contribution is -0.117. The van der Waals surface area contributed by atoms with Crippen molar-refractivity contribution in [2.45, 2.75) is 19.5 Å². The van der Waals surface area contributed by atoms with E-state index in [2.05, 4.69) is 15.3 Å². The fourth-order valence-electron chi connectivity index (χ4n) is 3.22. The van der Waals surface area contributed by atoms with Crippen LogP contribution in [0.3, 0.4) is 0 Å².